The summed E-state index contributed by atoms with van der Waals surface area (Å²) in [6, 6.07) is 20.9. The van der Waals surface area contributed by atoms with Crippen LogP contribution in [0.4, 0.5) is 0 Å². The largest absolute Gasteiger partial charge is 0.497 e. The number of sulfonamides is 2. The van der Waals surface area contributed by atoms with E-state index in [1.807, 2.05) is 36.4 Å². The molecule has 0 radical (unpaired) electrons. The van der Waals surface area contributed by atoms with Crippen molar-refractivity contribution in [2.45, 2.75) is 62.4 Å². The molecule has 1 aliphatic heterocycles. The number of benzene rings is 3. The summed E-state index contributed by atoms with van der Waals surface area (Å²) in [4.78, 5) is 0.169. The summed E-state index contributed by atoms with van der Waals surface area (Å²) in [6.45, 7) is 7.66. The number of nitrogens with zero attached hydrogens (tertiary/aromatic N) is 2. The minimum atomic E-state index is -3.94. The first-order valence-corrected chi connectivity index (χ1v) is 16.2. The summed E-state index contributed by atoms with van der Waals surface area (Å²) >= 11 is 0. The van der Waals surface area contributed by atoms with Crippen molar-refractivity contribution in [3.8, 4) is 5.75 Å². The quantitative estimate of drug-likeness (QED) is 0.315. The van der Waals surface area contributed by atoms with E-state index in [1.165, 1.54) is 38.4 Å². The molecule has 0 aromatic heterocycles. The van der Waals surface area contributed by atoms with Crippen molar-refractivity contribution < 1.29 is 21.6 Å². The smallest absolute Gasteiger partial charge is 0.243 e. The molecule has 0 bridgehead atoms. The zero-order valence-electron chi connectivity index (χ0n) is 23.1. The number of piperidine rings is 1. The van der Waals surface area contributed by atoms with Crippen LogP contribution in [0.25, 0.3) is 0 Å². The van der Waals surface area contributed by atoms with Crippen molar-refractivity contribution in [1.82, 2.24) is 8.61 Å². The van der Waals surface area contributed by atoms with E-state index in [0.717, 1.165) is 24.0 Å². The van der Waals surface area contributed by atoms with Crippen LogP contribution in [0, 0.1) is 5.92 Å². The van der Waals surface area contributed by atoms with Gasteiger partial charge in [-0.15, -0.1) is 0 Å². The second-order valence-corrected chi connectivity index (χ2v) is 14.5. The molecule has 3 aromatic carbocycles. The number of hydrogen-bond acceptors (Lipinski definition) is 5. The number of rotatable bonds is 10. The lowest BCUT2D eigenvalue weighted by molar-refractivity contribution is 0.288. The predicted octanol–water partition coefficient (Wildman–Crippen LogP) is 5.63. The van der Waals surface area contributed by atoms with Crippen molar-refractivity contribution in [3.05, 3.63) is 89.5 Å². The molecule has 0 aliphatic carbocycles. The van der Waals surface area contributed by atoms with Crippen LogP contribution in [0.3, 0.4) is 0 Å². The molecule has 7 nitrogen and oxygen atoms in total. The Hall–Kier alpha value is -2.72. The lowest BCUT2D eigenvalue weighted by Crippen LogP contribution is -2.37. The van der Waals surface area contributed by atoms with E-state index in [1.54, 1.807) is 19.2 Å². The Morgan fingerprint density at radius 1 is 0.795 bits per heavy atom. The van der Waals surface area contributed by atoms with Crippen LogP contribution in [0.5, 0.6) is 5.75 Å². The highest BCUT2D eigenvalue weighted by molar-refractivity contribution is 7.89. The molecule has 1 heterocycles. The minimum absolute atomic E-state index is 0.0565. The summed E-state index contributed by atoms with van der Waals surface area (Å²) in [7, 11) is -6.02. The molecule has 4 rings (SSSR count). The van der Waals surface area contributed by atoms with Crippen molar-refractivity contribution in [2.24, 2.45) is 5.92 Å². The molecule has 0 unspecified atom stereocenters. The Kier molecular flexibility index (Phi) is 9.16. The van der Waals surface area contributed by atoms with Gasteiger partial charge < -0.3 is 4.74 Å². The number of methoxy groups -OCH3 is 1. The summed E-state index contributed by atoms with van der Waals surface area (Å²) in [6.07, 6.45) is 1.65. The van der Waals surface area contributed by atoms with Gasteiger partial charge in [0.05, 0.1) is 16.9 Å². The first-order chi connectivity index (χ1) is 18.5. The molecule has 0 amide bonds. The third-order valence-corrected chi connectivity index (χ3v) is 11.1. The zero-order chi connectivity index (χ0) is 28.2. The third-order valence-electron chi connectivity index (χ3n) is 7.37. The monoisotopic (exact) mass is 570 g/mol. The molecule has 1 saturated heterocycles. The van der Waals surface area contributed by atoms with Gasteiger partial charge in [-0.25, -0.2) is 16.8 Å². The van der Waals surface area contributed by atoms with E-state index in [-0.39, 0.29) is 22.9 Å². The zero-order valence-corrected chi connectivity index (χ0v) is 24.7. The SMILES string of the molecule is COc1ccc(CN(Cc2ccc(C(C)C)cc2)S(=O)(=O)c2ccc(S(=O)(=O)N3CCC(C)CC3)cc2)cc1. The van der Waals surface area contributed by atoms with Gasteiger partial charge in [-0.05, 0) is 77.8 Å². The average molecular weight is 571 g/mol. The van der Waals surface area contributed by atoms with Crippen molar-refractivity contribution in [3.63, 3.8) is 0 Å². The molecule has 0 spiro atoms. The van der Waals surface area contributed by atoms with Crippen LogP contribution in [0.2, 0.25) is 0 Å². The van der Waals surface area contributed by atoms with Gasteiger partial charge in [-0.3, -0.25) is 0 Å². The van der Waals surface area contributed by atoms with Gasteiger partial charge in [0.25, 0.3) is 0 Å². The maximum Gasteiger partial charge on any atom is 0.243 e. The third kappa shape index (κ3) is 6.90. The van der Waals surface area contributed by atoms with Crippen LogP contribution in [-0.2, 0) is 33.1 Å². The molecule has 0 saturated carbocycles. The molecule has 210 valence electrons. The summed E-state index contributed by atoms with van der Waals surface area (Å²) in [5.41, 5.74) is 2.87. The maximum atomic E-state index is 13.9. The predicted molar refractivity (Wildman–Crippen MR) is 154 cm³/mol. The highest BCUT2D eigenvalue weighted by atomic mass is 32.2. The Balaban J connectivity index is 1.62. The van der Waals surface area contributed by atoms with Gasteiger partial charge in [-0.1, -0.05) is 57.2 Å². The fraction of sp³-hybridized carbons (Fsp3) is 0.400. The number of hydrogen-bond donors (Lipinski definition) is 0. The van der Waals surface area contributed by atoms with Crippen molar-refractivity contribution >= 4 is 20.0 Å². The molecule has 3 aromatic rings. The maximum absolute atomic E-state index is 13.9. The van der Waals surface area contributed by atoms with Crippen LogP contribution in [0.15, 0.2) is 82.6 Å². The van der Waals surface area contributed by atoms with Gasteiger partial charge in [-0.2, -0.15) is 8.61 Å². The fourth-order valence-corrected chi connectivity index (χ4v) is 7.56. The molecule has 9 heteroatoms. The topological polar surface area (TPSA) is 84.0 Å². The highest BCUT2D eigenvalue weighted by Crippen LogP contribution is 2.27. The van der Waals surface area contributed by atoms with E-state index in [4.69, 9.17) is 4.74 Å². The standard InChI is InChI=1S/C30H38N2O5S2/c1-23(2)27-9-5-25(6-10-27)21-32(22-26-7-11-28(37-4)12-8-26)39(35,36)30-15-13-29(14-16-30)38(33,34)31-19-17-24(3)18-20-31/h5-16,23-24H,17-22H2,1-4H3. The Morgan fingerprint density at radius 2 is 1.28 bits per heavy atom. The molecule has 1 aliphatic rings. The first kappa shape index (κ1) is 29.3. The molecular weight excluding hydrogens is 532 g/mol. The summed E-state index contributed by atoms with van der Waals surface area (Å²) in [5.74, 6) is 1.57. The van der Waals surface area contributed by atoms with Gasteiger partial charge in [0.2, 0.25) is 20.0 Å². The second kappa shape index (κ2) is 12.2. The van der Waals surface area contributed by atoms with Crippen LogP contribution < -0.4 is 4.74 Å². The van der Waals surface area contributed by atoms with E-state index in [2.05, 4.69) is 20.8 Å². The lowest BCUT2D eigenvalue weighted by atomic mass is 10.0. The van der Waals surface area contributed by atoms with E-state index < -0.39 is 20.0 Å². The first-order valence-electron chi connectivity index (χ1n) is 13.3. The van der Waals surface area contributed by atoms with E-state index in [9.17, 15) is 16.8 Å². The highest BCUT2D eigenvalue weighted by Gasteiger charge is 2.30. The normalized spacial score (nSPS) is 15.6. The second-order valence-electron chi connectivity index (χ2n) is 10.6. The van der Waals surface area contributed by atoms with E-state index in [0.29, 0.717) is 30.7 Å². The molecular formula is C30H38N2O5S2. The van der Waals surface area contributed by atoms with Crippen LogP contribution in [0.1, 0.15) is 56.2 Å². The average Bonchev–Trinajstić information content (AvgIpc) is 2.93. The van der Waals surface area contributed by atoms with Gasteiger partial charge in [0.1, 0.15) is 5.75 Å². The lowest BCUT2D eigenvalue weighted by Gasteiger charge is -2.29. The Morgan fingerprint density at radius 3 is 1.77 bits per heavy atom. The Bertz CT molecular complexity index is 1440. The van der Waals surface area contributed by atoms with Crippen molar-refractivity contribution in [2.75, 3.05) is 20.2 Å². The fourth-order valence-electron chi connectivity index (χ4n) is 4.68. The van der Waals surface area contributed by atoms with Crippen molar-refractivity contribution in [1.29, 1.82) is 0 Å². The summed E-state index contributed by atoms with van der Waals surface area (Å²) < 4.78 is 62.2. The number of ether oxygens (including phenoxy) is 1. The molecule has 39 heavy (non-hydrogen) atoms. The van der Waals surface area contributed by atoms with Crippen LogP contribution in [-0.4, -0.2) is 45.6 Å². The van der Waals surface area contributed by atoms with Gasteiger partial charge >= 0.3 is 0 Å². The van der Waals surface area contributed by atoms with E-state index >= 15 is 0 Å². The summed E-state index contributed by atoms with van der Waals surface area (Å²) in [5, 5.41) is 0. The minimum Gasteiger partial charge on any atom is -0.497 e. The Labute approximate surface area is 233 Å². The van der Waals surface area contributed by atoms with Gasteiger partial charge in [0, 0.05) is 26.2 Å². The molecule has 0 N–H and O–H groups in total. The van der Waals surface area contributed by atoms with Gasteiger partial charge in [0.15, 0.2) is 0 Å². The molecule has 0 atom stereocenters. The van der Waals surface area contributed by atoms with Crippen LogP contribution >= 0.6 is 0 Å². The molecule has 1 fully saturated rings.